The van der Waals surface area contributed by atoms with Crippen LogP contribution in [-0.2, 0) is 9.59 Å². The SMILES string of the molecule is COc1cc(/C(O)=C2\C(=O)C(=O)N(c3cccc(F)c3)C2c2cccc(O)c2)ccc1Cl. The minimum absolute atomic E-state index is 0.0968. The van der Waals surface area contributed by atoms with E-state index >= 15 is 0 Å². The fraction of sp³-hybridized carbons (Fsp3) is 0.0833. The molecule has 8 heteroatoms. The summed E-state index contributed by atoms with van der Waals surface area (Å²) >= 11 is 6.06. The minimum atomic E-state index is -1.11. The van der Waals surface area contributed by atoms with Crippen molar-refractivity contribution in [3.05, 3.63) is 94.3 Å². The van der Waals surface area contributed by atoms with Crippen molar-refractivity contribution in [2.45, 2.75) is 6.04 Å². The standard InChI is InChI=1S/C24H17ClFNO5/c1-32-19-11-14(8-9-18(19)25)22(29)20-21(13-4-2-7-17(28)10-13)27(24(31)23(20)30)16-6-3-5-15(26)12-16/h2-12,21,28-29H,1H3/b22-20+. The molecule has 1 aliphatic heterocycles. The van der Waals surface area contributed by atoms with Gasteiger partial charge in [-0.15, -0.1) is 0 Å². The number of ether oxygens (including phenoxy) is 1. The van der Waals surface area contributed by atoms with E-state index in [1.165, 1.54) is 55.6 Å². The van der Waals surface area contributed by atoms with Gasteiger partial charge in [-0.1, -0.05) is 29.8 Å². The fourth-order valence-electron chi connectivity index (χ4n) is 3.70. The summed E-state index contributed by atoms with van der Waals surface area (Å²) in [5.74, 6) is -2.77. The molecular formula is C24H17ClFNO5. The number of halogens is 2. The average Bonchev–Trinajstić information content (AvgIpc) is 3.04. The van der Waals surface area contributed by atoms with Crippen molar-refractivity contribution in [3.8, 4) is 11.5 Å². The molecule has 0 bridgehead atoms. The van der Waals surface area contributed by atoms with Gasteiger partial charge in [0.05, 0.1) is 23.7 Å². The van der Waals surface area contributed by atoms with Gasteiger partial charge in [0.2, 0.25) is 0 Å². The maximum Gasteiger partial charge on any atom is 0.300 e. The smallest absolute Gasteiger partial charge is 0.300 e. The molecule has 0 saturated carbocycles. The first kappa shape index (κ1) is 21.4. The third-order valence-electron chi connectivity index (χ3n) is 5.14. The van der Waals surface area contributed by atoms with E-state index in [1.807, 2.05) is 0 Å². The number of hydrogen-bond donors (Lipinski definition) is 2. The molecule has 162 valence electrons. The third kappa shape index (κ3) is 3.67. The van der Waals surface area contributed by atoms with E-state index in [2.05, 4.69) is 0 Å². The van der Waals surface area contributed by atoms with Crippen molar-refractivity contribution in [1.82, 2.24) is 0 Å². The molecule has 1 unspecified atom stereocenters. The Morgan fingerprint density at radius 3 is 2.50 bits per heavy atom. The molecule has 4 rings (SSSR count). The van der Waals surface area contributed by atoms with E-state index < -0.39 is 29.3 Å². The van der Waals surface area contributed by atoms with E-state index in [0.29, 0.717) is 10.6 Å². The Bertz CT molecular complexity index is 1270. The molecule has 0 radical (unpaired) electrons. The Morgan fingerprint density at radius 1 is 1.06 bits per heavy atom. The van der Waals surface area contributed by atoms with Crippen molar-refractivity contribution in [2.75, 3.05) is 12.0 Å². The Kier molecular flexibility index (Phi) is 5.59. The number of phenols is 1. The van der Waals surface area contributed by atoms with Crippen molar-refractivity contribution in [1.29, 1.82) is 0 Å². The maximum atomic E-state index is 13.9. The summed E-state index contributed by atoms with van der Waals surface area (Å²) in [6.45, 7) is 0. The van der Waals surface area contributed by atoms with Crippen LogP contribution in [0, 0.1) is 5.82 Å². The van der Waals surface area contributed by atoms with Gasteiger partial charge >= 0.3 is 0 Å². The predicted octanol–water partition coefficient (Wildman–Crippen LogP) is 4.82. The second-order valence-corrected chi connectivity index (χ2v) is 7.50. The number of hydrogen-bond acceptors (Lipinski definition) is 5. The van der Waals surface area contributed by atoms with Gasteiger partial charge in [-0.2, -0.15) is 0 Å². The van der Waals surface area contributed by atoms with Crippen LogP contribution in [0.5, 0.6) is 11.5 Å². The Morgan fingerprint density at radius 2 is 1.81 bits per heavy atom. The molecule has 1 heterocycles. The lowest BCUT2D eigenvalue weighted by molar-refractivity contribution is -0.132. The summed E-state index contributed by atoms with van der Waals surface area (Å²) in [4.78, 5) is 27.2. The molecular weight excluding hydrogens is 437 g/mol. The summed E-state index contributed by atoms with van der Waals surface area (Å²) in [7, 11) is 1.40. The van der Waals surface area contributed by atoms with Gasteiger partial charge < -0.3 is 14.9 Å². The largest absolute Gasteiger partial charge is 0.508 e. The van der Waals surface area contributed by atoms with Crippen LogP contribution in [0.2, 0.25) is 5.02 Å². The van der Waals surface area contributed by atoms with Gasteiger partial charge in [0.15, 0.2) is 0 Å². The number of carbonyl (C=O) groups is 2. The van der Waals surface area contributed by atoms with E-state index in [4.69, 9.17) is 16.3 Å². The van der Waals surface area contributed by atoms with Crippen molar-refractivity contribution in [3.63, 3.8) is 0 Å². The van der Waals surface area contributed by atoms with Crippen LogP contribution in [0.15, 0.2) is 72.3 Å². The number of aliphatic hydroxyl groups is 1. The zero-order valence-electron chi connectivity index (χ0n) is 16.8. The molecule has 1 amide bonds. The van der Waals surface area contributed by atoms with Crippen LogP contribution in [0.1, 0.15) is 17.2 Å². The minimum Gasteiger partial charge on any atom is -0.508 e. The van der Waals surface area contributed by atoms with Crippen LogP contribution in [-0.4, -0.2) is 29.0 Å². The molecule has 32 heavy (non-hydrogen) atoms. The number of nitrogens with zero attached hydrogens (tertiary/aromatic N) is 1. The number of amides is 1. The number of ketones is 1. The lowest BCUT2D eigenvalue weighted by Crippen LogP contribution is -2.29. The van der Waals surface area contributed by atoms with Crippen molar-refractivity contribution in [2.24, 2.45) is 0 Å². The average molecular weight is 454 g/mol. The molecule has 0 aromatic heterocycles. The van der Waals surface area contributed by atoms with Gasteiger partial charge in [-0.25, -0.2) is 4.39 Å². The number of anilines is 1. The number of methoxy groups -OCH3 is 1. The molecule has 1 atom stereocenters. The highest BCUT2D eigenvalue weighted by molar-refractivity contribution is 6.51. The number of carbonyl (C=O) groups excluding carboxylic acids is 2. The van der Waals surface area contributed by atoms with Crippen LogP contribution >= 0.6 is 11.6 Å². The number of phenolic OH excluding ortho intramolecular Hbond substituents is 1. The summed E-state index contributed by atoms with van der Waals surface area (Å²) in [5, 5.41) is 21.4. The van der Waals surface area contributed by atoms with Gasteiger partial charge in [0, 0.05) is 11.3 Å². The first-order valence-corrected chi connectivity index (χ1v) is 9.89. The summed E-state index contributed by atoms with van der Waals surface area (Å²) in [6.07, 6.45) is 0. The molecule has 0 aliphatic carbocycles. The highest BCUT2D eigenvalue weighted by Gasteiger charge is 2.47. The van der Waals surface area contributed by atoms with E-state index in [0.717, 1.165) is 11.0 Å². The van der Waals surface area contributed by atoms with Gasteiger partial charge in [0.25, 0.3) is 11.7 Å². The van der Waals surface area contributed by atoms with E-state index in [1.54, 1.807) is 12.1 Å². The molecule has 1 aliphatic rings. The third-order valence-corrected chi connectivity index (χ3v) is 5.45. The zero-order valence-corrected chi connectivity index (χ0v) is 17.5. The molecule has 0 spiro atoms. The first-order valence-electron chi connectivity index (χ1n) is 9.51. The quantitative estimate of drug-likeness (QED) is 0.336. The van der Waals surface area contributed by atoms with Gasteiger partial charge in [0.1, 0.15) is 23.1 Å². The number of aromatic hydroxyl groups is 1. The summed E-state index contributed by atoms with van der Waals surface area (Å²) in [6, 6.07) is 14.5. The second kappa shape index (κ2) is 8.36. The Hall–Kier alpha value is -3.84. The highest BCUT2D eigenvalue weighted by atomic mass is 35.5. The predicted molar refractivity (Wildman–Crippen MR) is 117 cm³/mol. The van der Waals surface area contributed by atoms with Gasteiger partial charge in [-0.3, -0.25) is 14.5 Å². The van der Waals surface area contributed by atoms with E-state index in [9.17, 15) is 24.2 Å². The lowest BCUT2D eigenvalue weighted by atomic mass is 9.95. The first-order chi connectivity index (χ1) is 15.3. The molecule has 1 saturated heterocycles. The number of benzene rings is 3. The zero-order chi connectivity index (χ0) is 23.0. The Balaban J connectivity index is 1.97. The number of Topliss-reactive ketones (excluding diaryl/α,β-unsaturated/α-hetero) is 1. The van der Waals surface area contributed by atoms with Crippen molar-refractivity contribution < 1.29 is 28.9 Å². The Labute approximate surface area is 187 Å². The molecule has 6 nitrogen and oxygen atoms in total. The molecule has 3 aromatic carbocycles. The molecule has 2 N–H and O–H groups in total. The van der Waals surface area contributed by atoms with Crippen molar-refractivity contribution >= 4 is 34.7 Å². The monoisotopic (exact) mass is 453 g/mol. The normalized spacial score (nSPS) is 17.6. The van der Waals surface area contributed by atoms with Crippen LogP contribution in [0.3, 0.4) is 0 Å². The lowest BCUT2D eigenvalue weighted by Gasteiger charge is -2.25. The molecule has 3 aromatic rings. The molecule has 1 fully saturated rings. The maximum absolute atomic E-state index is 13.9. The summed E-state index contributed by atoms with van der Waals surface area (Å²) < 4.78 is 19.1. The van der Waals surface area contributed by atoms with Crippen LogP contribution in [0.25, 0.3) is 5.76 Å². The topological polar surface area (TPSA) is 87.1 Å². The van der Waals surface area contributed by atoms with Gasteiger partial charge in [-0.05, 0) is 54.1 Å². The number of aliphatic hydroxyl groups excluding tert-OH is 1. The van der Waals surface area contributed by atoms with Crippen LogP contribution in [0.4, 0.5) is 10.1 Å². The van der Waals surface area contributed by atoms with E-state index in [-0.39, 0.29) is 28.3 Å². The summed E-state index contributed by atoms with van der Waals surface area (Å²) in [5.41, 5.74) is 0.479. The highest BCUT2D eigenvalue weighted by Crippen LogP contribution is 2.43. The number of rotatable bonds is 4. The second-order valence-electron chi connectivity index (χ2n) is 7.09. The van der Waals surface area contributed by atoms with Crippen LogP contribution < -0.4 is 9.64 Å². The fourth-order valence-corrected chi connectivity index (χ4v) is 3.89.